The quantitative estimate of drug-likeness (QED) is 0.506. The van der Waals surface area contributed by atoms with Crippen LogP contribution in [0.3, 0.4) is 0 Å². The van der Waals surface area contributed by atoms with E-state index in [4.69, 9.17) is 4.74 Å². The molecule has 2 aliphatic rings. The predicted octanol–water partition coefficient (Wildman–Crippen LogP) is 3.93. The standard InChI is InChI=1S/C29H43N3O4/c1-19(2)27-15-24(16-28(34)30-17-22-6-8-26(36-5)9-7-22)20(3)14-25(27)18-31-29(35)23-10-12-32(13-11-23)21(4)33/h6-9,14,19,23-25,27H,10-13,15-18H2,1-5H3,(H,30,34)(H,31,35)/t24-,25-,27-/m0/s1. The van der Waals surface area contributed by atoms with E-state index in [1.165, 1.54) is 5.57 Å². The van der Waals surface area contributed by atoms with Gasteiger partial charge in [-0.25, -0.2) is 0 Å². The molecule has 1 heterocycles. The van der Waals surface area contributed by atoms with Gasteiger partial charge in [-0.2, -0.15) is 0 Å². The first kappa shape index (κ1) is 27.8. The van der Waals surface area contributed by atoms with Gasteiger partial charge in [0.15, 0.2) is 0 Å². The lowest BCUT2D eigenvalue weighted by atomic mass is 9.69. The topological polar surface area (TPSA) is 87.7 Å². The Balaban J connectivity index is 1.51. The van der Waals surface area contributed by atoms with E-state index in [2.05, 4.69) is 37.5 Å². The Labute approximate surface area is 216 Å². The average Bonchev–Trinajstić information content (AvgIpc) is 2.87. The van der Waals surface area contributed by atoms with Crippen molar-refractivity contribution in [2.45, 2.75) is 59.9 Å². The number of nitrogens with zero attached hydrogens (tertiary/aromatic N) is 1. The summed E-state index contributed by atoms with van der Waals surface area (Å²) >= 11 is 0. The Kier molecular flexibility index (Phi) is 9.97. The third-order valence-corrected chi connectivity index (χ3v) is 7.99. The van der Waals surface area contributed by atoms with Gasteiger partial charge in [0.1, 0.15) is 5.75 Å². The zero-order valence-electron chi connectivity index (χ0n) is 22.5. The van der Waals surface area contributed by atoms with Crippen molar-refractivity contribution in [2.24, 2.45) is 29.6 Å². The van der Waals surface area contributed by atoms with Crippen LogP contribution in [0.1, 0.15) is 58.9 Å². The third kappa shape index (κ3) is 7.58. The van der Waals surface area contributed by atoms with Crippen LogP contribution in [0.5, 0.6) is 5.75 Å². The molecule has 198 valence electrons. The molecular weight excluding hydrogens is 454 g/mol. The summed E-state index contributed by atoms with van der Waals surface area (Å²) < 4.78 is 5.19. The summed E-state index contributed by atoms with van der Waals surface area (Å²) in [6.45, 7) is 10.6. The van der Waals surface area contributed by atoms with Crippen LogP contribution >= 0.6 is 0 Å². The zero-order valence-corrected chi connectivity index (χ0v) is 22.5. The van der Waals surface area contributed by atoms with Crippen LogP contribution in [0.4, 0.5) is 0 Å². The number of methoxy groups -OCH3 is 1. The van der Waals surface area contributed by atoms with E-state index < -0.39 is 0 Å². The highest BCUT2D eigenvalue weighted by Gasteiger charge is 2.33. The fourth-order valence-corrected chi connectivity index (χ4v) is 5.57. The molecule has 3 atom stereocenters. The Hall–Kier alpha value is -2.83. The highest BCUT2D eigenvalue weighted by Crippen LogP contribution is 2.38. The van der Waals surface area contributed by atoms with Gasteiger partial charge in [-0.15, -0.1) is 0 Å². The number of hydrogen-bond acceptors (Lipinski definition) is 4. The summed E-state index contributed by atoms with van der Waals surface area (Å²) in [6.07, 6.45) is 5.18. The fourth-order valence-electron chi connectivity index (χ4n) is 5.57. The molecule has 3 amide bonds. The van der Waals surface area contributed by atoms with Crippen LogP contribution in [0.25, 0.3) is 0 Å². The average molecular weight is 498 g/mol. The van der Waals surface area contributed by atoms with E-state index in [9.17, 15) is 14.4 Å². The smallest absolute Gasteiger partial charge is 0.223 e. The minimum atomic E-state index is -0.0195. The molecule has 2 N–H and O–H groups in total. The van der Waals surface area contributed by atoms with Crippen molar-refractivity contribution in [1.82, 2.24) is 15.5 Å². The van der Waals surface area contributed by atoms with Crippen molar-refractivity contribution in [1.29, 1.82) is 0 Å². The lowest BCUT2D eigenvalue weighted by Crippen LogP contribution is -2.44. The first-order valence-corrected chi connectivity index (χ1v) is 13.3. The van der Waals surface area contributed by atoms with Crippen LogP contribution in [0, 0.1) is 29.6 Å². The van der Waals surface area contributed by atoms with Gasteiger partial charge in [-0.05, 0) is 67.6 Å². The SMILES string of the molecule is COc1ccc(CNC(=O)C[C@@H]2C[C@@H](C(C)C)[C@H](CNC(=O)C3CCN(C(C)=O)CC3)C=C2C)cc1. The first-order chi connectivity index (χ1) is 17.2. The van der Waals surface area contributed by atoms with Gasteiger partial charge in [-0.3, -0.25) is 14.4 Å². The molecule has 1 saturated heterocycles. The van der Waals surface area contributed by atoms with Crippen molar-refractivity contribution in [3.8, 4) is 5.75 Å². The van der Waals surface area contributed by atoms with Crippen molar-refractivity contribution >= 4 is 17.7 Å². The van der Waals surface area contributed by atoms with E-state index in [1.807, 2.05) is 29.2 Å². The van der Waals surface area contributed by atoms with E-state index in [0.717, 1.165) is 30.6 Å². The molecule has 1 aliphatic carbocycles. The normalized spacial score (nSPS) is 22.7. The highest BCUT2D eigenvalue weighted by atomic mass is 16.5. The van der Waals surface area contributed by atoms with Crippen LogP contribution in [-0.4, -0.2) is 49.4 Å². The zero-order chi connectivity index (χ0) is 26.2. The van der Waals surface area contributed by atoms with Crippen molar-refractivity contribution in [2.75, 3.05) is 26.7 Å². The van der Waals surface area contributed by atoms with Crippen molar-refractivity contribution < 1.29 is 19.1 Å². The van der Waals surface area contributed by atoms with Crippen LogP contribution in [0.15, 0.2) is 35.9 Å². The molecule has 3 rings (SSSR count). The molecule has 0 spiro atoms. The molecular formula is C29H43N3O4. The summed E-state index contributed by atoms with van der Waals surface area (Å²) in [7, 11) is 1.64. The summed E-state index contributed by atoms with van der Waals surface area (Å²) in [5, 5.41) is 6.26. The number of hydrogen-bond donors (Lipinski definition) is 2. The second-order valence-corrected chi connectivity index (χ2v) is 10.8. The van der Waals surface area contributed by atoms with Crippen LogP contribution < -0.4 is 15.4 Å². The Morgan fingerprint density at radius 1 is 1.08 bits per heavy atom. The predicted molar refractivity (Wildman–Crippen MR) is 141 cm³/mol. The summed E-state index contributed by atoms with van der Waals surface area (Å²) in [6, 6.07) is 7.73. The number of piperidine rings is 1. The molecule has 1 fully saturated rings. The molecule has 0 unspecified atom stereocenters. The van der Waals surface area contributed by atoms with Gasteiger partial charge in [0.05, 0.1) is 7.11 Å². The number of allylic oxidation sites excluding steroid dienone is 1. The Morgan fingerprint density at radius 3 is 2.33 bits per heavy atom. The molecule has 1 aromatic carbocycles. The van der Waals surface area contributed by atoms with Crippen molar-refractivity contribution in [3.63, 3.8) is 0 Å². The maximum absolute atomic E-state index is 12.8. The van der Waals surface area contributed by atoms with E-state index in [1.54, 1.807) is 14.0 Å². The molecule has 7 nitrogen and oxygen atoms in total. The van der Waals surface area contributed by atoms with Crippen LogP contribution in [0.2, 0.25) is 0 Å². The largest absolute Gasteiger partial charge is 0.497 e. The lowest BCUT2D eigenvalue weighted by molar-refractivity contribution is -0.134. The second kappa shape index (κ2) is 12.9. The molecule has 7 heteroatoms. The van der Waals surface area contributed by atoms with Gasteiger partial charge in [0, 0.05) is 45.4 Å². The van der Waals surface area contributed by atoms with E-state index in [0.29, 0.717) is 44.4 Å². The minimum absolute atomic E-state index is 0.0195. The number of likely N-dealkylation sites (tertiary alicyclic amines) is 1. The molecule has 36 heavy (non-hydrogen) atoms. The maximum atomic E-state index is 12.8. The second-order valence-electron chi connectivity index (χ2n) is 10.8. The van der Waals surface area contributed by atoms with Gasteiger partial charge in [0.25, 0.3) is 0 Å². The summed E-state index contributed by atoms with van der Waals surface area (Å²) in [5.41, 5.74) is 2.28. The van der Waals surface area contributed by atoms with Gasteiger partial charge < -0.3 is 20.3 Å². The first-order valence-electron chi connectivity index (χ1n) is 13.3. The van der Waals surface area contributed by atoms with Gasteiger partial charge >= 0.3 is 0 Å². The number of benzene rings is 1. The van der Waals surface area contributed by atoms with Crippen LogP contribution in [-0.2, 0) is 20.9 Å². The molecule has 0 bridgehead atoms. The minimum Gasteiger partial charge on any atom is -0.497 e. The molecule has 0 aromatic heterocycles. The van der Waals surface area contributed by atoms with Gasteiger partial charge in [0.2, 0.25) is 17.7 Å². The fraction of sp³-hybridized carbons (Fsp3) is 0.621. The number of nitrogens with one attached hydrogen (secondary N) is 2. The number of rotatable bonds is 9. The molecule has 0 radical (unpaired) electrons. The third-order valence-electron chi connectivity index (χ3n) is 7.99. The summed E-state index contributed by atoms with van der Waals surface area (Å²) in [5.74, 6) is 2.39. The van der Waals surface area contributed by atoms with E-state index >= 15 is 0 Å². The Morgan fingerprint density at radius 2 is 1.75 bits per heavy atom. The van der Waals surface area contributed by atoms with E-state index in [-0.39, 0.29) is 35.5 Å². The molecule has 0 saturated carbocycles. The lowest BCUT2D eigenvalue weighted by Gasteiger charge is -2.37. The van der Waals surface area contributed by atoms with Gasteiger partial charge in [-0.1, -0.05) is 37.6 Å². The monoisotopic (exact) mass is 497 g/mol. The molecule has 1 aromatic rings. The number of ether oxygens (including phenoxy) is 1. The maximum Gasteiger partial charge on any atom is 0.223 e. The van der Waals surface area contributed by atoms with Crippen molar-refractivity contribution in [3.05, 3.63) is 41.5 Å². The number of carbonyl (C=O) groups excluding carboxylic acids is 3. The molecule has 1 aliphatic heterocycles. The number of carbonyl (C=O) groups is 3. The number of amides is 3. The summed E-state index contributed by atoms with van der Waals surface area (Å²) in [4.78, 5) is 38.9. The highest BCUT2D eigenvalue weighted by molar-refractivity contribution is 5.79. The Bertz CT molecular complexity index is 932.